The van der Waals surface area contributed by atoms with Crippen LogP contribution in [0.1, 0.15) is 60.8 Å². The maximum atomic E-state index is 13.5. The van der Waals surface area contributed by atoms with Gasteiger partial charge in [0.15, 0.2) is 5.75 Å². The summed E-state index contributed by atoms with van der Waals surface area (Å²) >= 11 is 11.7. The van der Waals surface area contributed by atoms with Crippen molar-refractivity contribution >= 4 is 40.7 Å². The molecule has 1 spiro atoms. The first-order chi connectivity index (χ1) is 19.7. The van der Waals surface area contributed by atoms with E-state index in [9.17, 15) is 9.59 Å². The fourth-order valence-electron chi connectivity index (χ4n) is 5.26. The molecule has 1 fully saturated rings. The van der Waals surface area contributed by atoms with Crippen LogP contribution in [-0.4, -0.2) is 22.0 Å². The van der Waals surface area contributed by atoms with Gasteiger partial charge in [-0.05, 0) is 63.1 Å². The van der Waals surface area contributed by atoms with E-state index in [1.807, 2.05) is 89.2 Å². The van der Waals surface area contributed by atoms with E-state index in [1.165, 1.54) is 0 Å². The number of carbonyl (C=O) groups is 2. The van der Waals surface area contributed by atoms with Crippen molar-refractivity contribution in [2.75, 3.05) is 5.32 Å². The zero-order chi connectivity index (χ0) is 29.7. The number of amides is 2. The number of hydrogen-bond acceptors (Lipinski definition) is 4. The normalized spacial score (nSPS) is 18.8. The molecule has 0 aliphatic carbocycles. The molecule has 0 saturated carbocycles. The molecular formula is C32H34Cl2N4O3. The van der Waals surface area contributed by atoms with Crippen LogP contribution >= 0.6 is 23.2 Å². The Morgan fingerprint density at radius 1 is 0.927 bits per heavy atom. The summed E-state index contributed by atoms with van der Waals surface area (Å²) in [4.78, 5) is 26.0. The van der Waals surface area contributed by atoms with Gasteiger partial charge in [-0.15, -0.1) is 0 Å². The molecule has 3 N–H and O–H groups in total. The van der Waals surface area contributed by atoms with Gasteiger partial charge in [0, 0.05) is 27.7 Å². The number of nitrogens with one attached hydrogen (secondary N) is 3. The minimum absolute atomic E-state index is 0.0982. The Labute approximate surface area is 250 Å². The summed E-state index contributed by atoms with van der Waals surface area (Å²) in [7, 11) is 0. The molecule has 2 amide bonds. The van der Waals surface area contributed by atoms with Crippen LogP contribution in [0.3, 0.4) is 0 Å². The summed E-state index contributed by atoms with van der Waals surface area (Å²) in [6.45, 7) is 9.72. The Morgan fingerprint density at radius 2 is 1.66 bits per heavy atom. The number of carbonyl (C=O) groups excluding carboxylic acids is 2. The van der Waals surface area contributed by atoms with Gasteiger partial charge in [-0.1, -0.05) is 79.0 Å². The van der Waals surface area contributed by atoms with E-state index >= 15 is 0 Å². The molecule has 6 rings (SSSR count). The van der Waals surface area contributed by atoms with Gasteiger partial charge >= 0.3 is 0 Å². The minimum Gasteiger partial charge on any atom is -0.453 e. The molecule has 0 unspecified atom stereocenters. The van der Waals surface area contributed by atoms with Crippen LogP contribution in [0.15, 0.2) is 66.7 Å². The molecule has 4 aromatic rings. The SMILES string of the molecule is CC.Cc1ccc(Oc2c(C)n[nH]c2C)c([C@H]2NC(=O)CC[C@]23C(=O)Nc2cc(Cl)ccc23)c1.Clc1ccccc1. The number of aromatic amines is 1. The van der Waals surface area contributed by atoms with Crippen molar-refractivity contribution < 1.29 is 14.3 Å². The van der Waals surface area contributed by atoms with Crippen LogP contribution < -0.4 is 15.4 Å². The fourth-order valence-corrected chi connectivity index (χ4v) is 5.57. The van der Waals surface area contributed by atoms with Crippen molar-refractivity contribution in [2.45, 2.75) is 58.9 Å². The molecule has 2 aliphatic heterocycles. The Kier molecular flexibility index (Phi) is 9.41. The van der Waals surface area contributed by atoms with Gasteiger partial charge in [-0.2, -0.15) is 5.10 Å². The van der Waals surface area contributed by atoms with Gasteiger partial charge in [-0.3, -0.25) is 14.7 Å². The number of H-pyrrole nitrogens is 1. The first-order valence-electron chi connectivity index (χ1n) is 13.6. The van der Waals surface area contributed by atoms with Gasteiger partial charge < -0.3 is 15.4 Å². The first kappa shape index (κ1) is 30.2. The van der Waals surface area contributed by atoms with Gasteiger partial charge in [0.05, 0.1) is 11.7 Å². The van der Waals surface area contributed by atoms with Crippen LogP contribution in [0.4, 0.5) is 5.69 Å². The monoisotopic (exact) mass is 592 g/mol. The number of piperidine rings is 1. The third-order valence-corrected chi connectivity index (χ3v) is 7.63. The molecule has 3 aromatic carbocycles. The maximum absolute atomic E-state index is 13.5. The minimum atomic E-state index is -0.958. The highest BCUT2D eigenvalue weighted by Gasteiger charge is 2.56. The van der Waals surface area contributed by atoms with Crippen LogP contribution in [-0.2, 0) is 15.0 Å². The third kappa shape index (κ3) is 6.11. The second kappa shape index (κ2) is 12.8. The average Bonchev–Trinajstić information content (AvgIpc) is 3.42. The lowest BCUT2D eigenvalue weighted by atomic mass is 9.67. The van der Waals surface area contributed by atoms with Gasteiger partial charge in [0.2, 0.25) is 11.8 Å². The zero-order valence-corrected chi connectivity index (χ0v) is 25.3. The van der Waals surface area contributed by atoms with E-state index in [2.05, 4.69) is 20.8 Å². The quantitative estimate of drug-likeness (QED) is 0.224. The predicted molar refractivity (Wildman–Crippen MR) is 164 cm³/mol. The van der Waals surface area contributed by atoms with E-state index in [1.54, 1.807) is 12.1 Å². The Balaban J connectivity index is 0.000000372. The largest absolute Gasteiger partial charge is 0.453 e. The van der Waals surface area contributed by atoms with E-state index in [0.29, 0.717) is 28.6 Å². The molecule has 9 heteroatoms. The standard InChI is InChI=1S/C24H23ClN4O3.C6H5Cl.C2H6/c1-12-4-7-19(32-21-13(2)28-29-14(21)3)16(10-12)22-24(9-8-20(30)27-22)17-6-5-15(25)11-18(17)26-23(24)31;7-6-4-2-1-3-5-6;1-2/h4-7,10-11,22H,8-9H2,1-3H3,(H,26,31)(H,27,30)(H,28,29);1-5H;1-2H3/t22-,24-;;/m1../s1. The lowest BCUT2D eigenvalue weighted by Gasteiger charge is -2.41. The lowest BCUT2D eigenvalue weighted by Crippen LogP contribution is -2.52. The van der Waals surface area contributed by atoms with Crippen LogP contribution in [0, 0.1) is 20.8 Å². The number of ether oxygens (including phenoxy) is 1. The van der Waals surface area contributed by atoms with E-state index < -0.39 is 11.5 Å². The first-order valence-corrected chi connectivity index (χ1v) is 14.4. The highest BCUT2D eigenvalue weighted by Crippen LogP contribution is 2.53. The summed E-state index contributed by atoms with van der Waals surface area (Å²) in [6, 6.07) is 20.0. The molecule has 0 radical (unpaired) electrons. The molecule has 2 aliphatic rings. The van der Waals surface area contributed by atoms with Crippen molar-refractivity contribution in [1.29, 1.82) is 0 Å². The number of nitrogens with zero attached hydrogens (tertiary/aromatic N) is 1. The summed E-state index contributed by atoms with van der Waals surface area (Å²) in [5.74, 6) is 0.959. The average molecular weight is 594 g/mol. The fraction of sp³-hybridized carbons (Fsp3) is 0.281. The highest BCUT2D eigenvalue weighted by molar-refractivity contribution is 6.31. The van der Waals surface area contributed by atoms with E-state index in [0.717, 1.165) is 33.1 Å². The number of rotatable bonds is 3. The van der Waals surface area contributed by atoms with Crippen molar-refractivity contribution in [2.24, 2.45) is 0 Å². The van der Waals surface area contributed by atoms with Gasteiger partial charge in [-0.25, -0.2) is 0 Å². The number of halogens is 2. The Bertz CT molecular complexity index is 1530. The number of aromatic nitrogens is 2. The van der Waals surface area contributed by atoms with Gasteiger partial charge in [0.25, 0.3) is 0 Å². The topological polar surface area (TPSA) is 96.1 Å². The molecule has 3 heterocycles. The van der Waals surface area contributed by atoms with Crippen molar-refractivity contribution in [3.63, 3.8) is 0 Å². The predicted octanol–water partition coefficient (Wildman–Crippen LogP) is 7.99. The molecule has 7 nitrogen and oxygen atoms in total. The number of fused-ring (bicyclic) bond motifs is 2. The molecule has 0 bridgehead atoms. The molecular weight excluding hydrogens is 559 g/mol. The summed E-state index contributed by atoms with van der Waals surface area (Å²) in [6.07, 6.45) is 0.648. The molecule has 2 atom stereocenters. The number of hydrogen-bond donors (Lipinski definition) is 3. The molecule has 1 saturated heterocycles. The lowest BCUT2D eigenvalue weighted by molar-refractivity contribution is -0.130. The maximum Gasteiger partial charge on any atom is 0.237 e. The summed E-state index contributed by atoms with van der Waals surface area (Å²) in [5, 5.41) is 14.5. The molecule has 1 aromatic heterocycles. The van der Waals surface area contributed by atoms with Crippen molar-refractivity contribution in [1.82, 2.24) is 15.5 Å². The van der Waals surface area contributed by atoms with Gasteiger partial charge in [0.1, 0.15) is 16.9 Å². The van der Waals surface area contributed by atoms with Crippen LogP contribution in [0.2, 0.25) is 10.0 Å². The summed E-state index contributed by atoms with van der Waals surface area (Å²) in [5.41, 5.74) is 3.83. The number of aryl methyl sites for hydroxylation is 3. The van der Waals surface area contributed by atoms with Crippen LogP contribution in [0.25, 0.3) is 0 Å². The Hall–Kier alpha value is -3.81. The molecule has 41 heavy (non-hydrogen) atoms. The smallest absolute Gasteiger partial charge is 0.237 e. The number of benzene rings is 3. The second-order valence-electron chi connectivity index (χ2n) is 9.82. The van der Waals surface area contributed by atoms with E-state index in [4.69, 9.17) is 27.9 Å². The van der Waals surface area contributed by atoms with Crippen molar-refractivity contribution in [3.05, 3.63) is 105 Å². The van der Waals surface area contributed by atoms with Crippen LogP contribution in [0.5, 0.6) is 11.5 Å². The number of anilines is 1. The van der Waals surface area contributed by atoms with Crippen molar-refractivity contribution in [3.8, 4) is 11.5 Å². The summed E-state index contributed by atoms with van der Waals surface area (Å²) < 4.78 is 6.30. The van der Waals surface area contributed by atoms with E-state index in [-0.39, 0.29) is 18.2 Å². The highest BCUT2D eigenvalue weighted by atomic mass is 35.5. The zero-order valence-electron chi connectivity index (χ0n) is 23.8. The molecule has 214 valence electrons. The Morgan fingerprint density at radius 3 is 2.29 bits per heavy atom. The third-order valence-electron chi connectivity index (χ3n) is 7.14. The second-order valence-corrected chi connectivity index (χ2v) is 10.7.